The lowest BCUT2D eigenvalue weighted by Gasteiger charge is -2.29. The van der Waals surface area contributed by atoms with E-state index in [1.807, 2.05) is 26.0 Å². The fourth-order valence-corrected chi connectivity index (χ4v) is 4.43. The van der Waals surface area contributed by atoms with Crippen molar-refractivity contribution in [3.05, 3.63) is 59.0 Å². The van der Waals surface area contributed by atoms with Crippen LogP contribution in [-0.4, -0.2) is 54.1 Å². The zero-order chi connectivity index (χ0) is 21.1. The summed E-state index contributed by atoms with van der Waals surface area (Å²) in [7, 11) is 0. The van der Waals surface area contributed by atoms with Gasteiger partial charge in [-0.15, -0.1) is 0 Å². The van der Waals surface area contributed by atoms with E-state index in [0.29, 0.717) is 17.7 Å². The van der Waals surface area contributed by atoms with E-state index in [2.05, 4.69) is 37.7 Å². The molecule has 2 fully saturated rings. The Morgan fingerprint density at radius 3 is 2.77 bits per heavy atom. The summed E-state index contributed by atoms with van der Waals surface area (Å²) in [5.74, 6) is 1.33. The van der Waals surface area contributed by atoms with Crippen LogP contribution in [0.5, 0.6) is 0 Å². The van der Waals surface area contributed by atoms with Crippen LogP contribution < -0.4 is 16.4 Å². The molecule has 0 radical (unpaired) electrons. The molecule has 4 heterocycles. The van der Waals surface area contributed by atoms with Crippen LogP contribution in [0.3, 0.4) is 0 Å². The van der Waals surface area contributed by atoms with Gasteiger partial charge in [0.15, 0.2) is 0 Å². The van der Waals surface area contributed by atoms with E-state index in [9.17, 15) is 0 Å². The highest BCUT2D eigenvalue weighted by Gasteiger charge is 2.30. The minimum Gasteiger partial charge on any atom is -0.384 e. The molecule has 1 unspecified atom stereocenters. The topological polar surface area (TPSA) is 92.8 Å². The Morgan fingerprint density at radius 2 is 2.03 bits per heavy atom. The number of rotatable bonds is 6. The van der Waals surface area contributed by atoms with Crippen LogP contribution in [0, 0.1) is 11.3 Å². The average molecular weight is 408 g/mol. The number of hydrogen-bond acceptors (Lipinski definition) is 6. The van der Waals surface area contributed by atoms with Crippen molar-refractivity contribution in [3.63, 3.8) is 0 Å². The first-order chi connectivity index (χ1) is 14.5. The molecule has 30 heavy (non-hydrogen) atoms. The number of aliphatic imine (C=N–C) groups is 1. The molecular weight excluding hydrogens is 374 g/mol. The second-order valence-corrected chi connectivity index (χ2v) is 8.64. The van der Waals surface area contributed by atoms with Gasteiger partial charge in [-0.2, -0.15) is 0 Å². The molecule has 7 nitrogen and oxygen atoms in total. The van der Waals surface area contributed by atoms with Gasteiger partial charge in [0.2, 0.25) is 0 Å². The van der Waals surface area contributed by atoms with Gasteiger partial charge >= 0.3 is 0 Å². The molecule has 0 bridgehead atoms. The third kappa shape index (κ3) is 4.51. The van der Waals surface area contributed by atoms with E-state index >= 15 is 0 Å². The molecule has 4 aliphatic heterocycles. The van der Waals surface area contributed by atoms with Crippen LogP contribution in [-0.2, 0) is 0 Å². The molecule has 4 aliphatic rings. The quantitative estimate of drug-likeness (QED) is 0.401. The molecule has 1 atom stereocenters. The van der Waals surface area contributed by atoms with Gasteiger partial charge < -0.3 is 26.7 Å². The number of nitrogens with zero attached hydrogens (tertiary/aromatic N) is 3. The largest absolute Gasteiger partial charge is 0.384 e. The molecule has 0 aromatic rings. The van der Waals surface area contributed by atoms with Crippen molar-refractivity contribution in [3.8, 4) is 0 Å². The number of amidine groups is 1. The van der Waals surface area contributed by atoms with Crippen molar-refractivity contribution >= 4 is 12.1 Å². The Balaban J connectivity index is 1.43. The molecule has 0 spiro atoms. The smallest absolute Gasteiger partial charge is 0.132 e. The molecule has 2 saturated heterocycles. The SMILES string of the molecule is CC(C)C(C=N)=CC(N)=NC1=CC=C2NC=C(N3CCC(N4CCCC4)C3)C=C2N1. The summed E-state index contributed by atoms with van der Waals surface area (Å²) in [5.41, 5.74) is 10.2. The third-order valence-corrected chi connectivity index (χ3v) is 6.21. The van der Waals surface area contributed by atoms with Crippen LogP contribution >= 0.6 is 0 Å². The maximum absolute atomic E-state index is 7.52. The Labute approximate surface area is 179 Å². The Kier molecular flexibility index (Phi) is 6.08. The number of dihydropyridines is 2. The summed E-state index contributed by atoms with van der Waals surface area (Å²) in [6.45, 7) is 8.77. The number of likely N-dealkylation sites (tertiary alicyclic amines) is 2. The first kappa shape index (κ1) is 20.5. The lowest BCUT2D eigenvalue weighted by Crippen LogP contribution is -2.36. The summed E-state index contributed by atoms with van der Waals surface area (Å²) in [6.07, 6.45) is 15.2. The maximum atomic E-state index is 7.52. The number of nitrogens with two attached hydrogens (primary N) is 1. The fourth-order valence-electron chi connectivity index (χ4n) is 4.43. The number of hydrogen-bond donors (Lipinski definition) is 4. The van der Waals surface area contributed by atoms with Crippen molar-refractivity contribution in [1.29, 1.82) is 5.41 Å². The normalized spacial score (nSPS) is 25.2. The van der Waals surface area contributed by atoms with Gasteiger partial charge in [0.05, 0.1) is 17.1 Å². The van der Waals surface area contributed by atoms with E-state index < -0.39 is 0 Å². The predicted molar refractivity (Wildman–Crippen MR) is 123 cm³/mol. The van der Waals surface area contributed by atoms with Crippen molar-refractivity contribution < 1.29 is 0 Å². The monoisotopic (exact) mass is 407 g/mol. The number of nitrogens with one attached hydrogen (secondary N) is 3. The molecule has 4 rings (SSSR count). The van der Waals surface area contributed by atoms with Gasteiger partial charge in [0.25, 0.3) is 0 Å². The van der Waals surface area contributed by atoms with Crippen molar-refractivity contribution in [2.75, 3.05) is 26.2 Å². The highest BCUT2D eigenvalue weighted by atomic mass is 15.3. The van der Waals surface area contributed by atoms with Gasteiger partial charge in [0, 0.05) is 31.5 Å². The molecule has 160 valence electrons. The van der Waals surface area contributed by atoms with Gasteiger partial charge in [-0.25, -0.2) is 4.99 Å². The predicted octanol–water partition coefficient (Wildman–Crippen LogP) is 2.40. The molecule has 0 aromatic heterocycles. The summed E-state index contributed by atoms with van der Waals surface area (Å²) in [6, 6.07) is 0.679. The van der Waals surface area contributed by atoms with Gasteiger partial charge in [-0.3, -0.25) is 4.90 Å². The van der Waals surface area contributed by atoms with Crippen LogP contribution in [0.4, 0.5) is 0 Å². The Hall–Kier alpha value is -2.80. The Morgan fingerprint density at radius 1 is 1.23 bits per heavy atom. The first-order valence-electron chi connectivity index (χ1n) is 11.0. The molecule has 0 aromatic carbocycles. The second kappa shape index (κ2) is 8.92. The summed E-state index contributed by atoms with van der Waals surface area (Å²) in [5, 5.41) is 14.3. The Bertz CT molecular complexity index is 866. The minimum atomic E-state index is 0.235. The highest BCUT2D eigenvalue weighted by molar-refractivity contribution is 5.97. The van der Waals surface area contributed by atoms with Crippen LogP contribution in [0.2, 0.25) is 0 Å². The highest BCUT2D eigenvalue weighted by Crippen LogP contribution is 2.27. The summed E-state index contributed by atoms with van der Waals surface area (Å²) < 4.78 is 0. The molecule has 7 heteroatoms. The standard InChI is InChI=1S/C23H33N7/c1-16(2)17(13-24)11-22(25)28-23-6-5-20-21(27-23)12-19(14-26-20)30-10-7-18(15-30)29-8-3-4-9-29/h5-6,11-14,16,18,24,26-27H,3-4,7-10,15H2,1-2H3,(H2,25,28). The molecular formula is C23H33N7. The second-order valence-electron chi connectivity index (χ2n) is 8.64. The molecule has 5 N–H and O–H groups in total. The van der Waals surface area contributed by atoms with Gasteiger partial charge in [-0.05, 0) is 68.1 Å². The van der Waals surface area contributed by atoms with E-state index in [-0.39, 0.29) is 5.92 Å². The maximum Gasteiger partial charge on any atom is 0.132 e. The molecule has 0 saturated carbocycles. The zero-order valence-corrected chi connectivity index (χ0v) is 18.0. The lowest BCUT2D eigenvalue weighted by atomic mass is 10.0. The lowest BCUT2D eigenvalue weighted by molar-refractivity contribution is 0.244. The zero-order valence-electron chi connectivity index (χ0n) is 18.0. The van der Waals surface area contributed by atoms with E-state index in [1.54, 1.807) is 6.08 Å². The molecule has 0 amide bonds. The minimum absolute atomic E-state index is 0.235. The van der Waals surface area contributed by atoms with E-state index in [0.717, 1.165) is 30.1 Å². The third-order valence-electron chi connectivity index (χ3n) is 6.21. The van der Waals surface area contributed by atoms with Crippen LogP contribution in [0.25, 0.3) is 0 Å². The van der Waals surface area contributed by atoms with Crippen molar-refractivity contribution in [2.24, 2.45) is 16.6 Å². The van der Waals surface area contributed by atoms with Crippen LogP contribution in [0.15, 0.2) is 64.0 Å². The average Bonchev–Trinajstić information content (AvgIpc) is 3.43. The van der Waals surface area contributed by atoms with E-state index in [1.165, 1.54) is 44.3 Å². The van der Waals surface area contributed by atoms with Crippen molar-refractivity contribution in [2.45, 2.75) is 39.2 Å². The van der Waals surface area contributed by atoms with Gasteiger partial charge in [-0.1, -0.05) is 13.8 Å². The van der Waals surface area contributed by atoms with Crippen molar-refractivity contribution in [1.82, 2.24) is 20.4 Å². The molecule has 0 aliphatic carbocycles. The first-order valence-corrected chi connectivity index (χ1v) is 11.0. The summed E-state index contributed by atoms with van der Waals surface area (Å²) in [4.78, 5) is 9.62. The number of fused-ring (bicyclic) bond motifs is 1. The number of allylic oxidation sites excluding steroid dienone is 4. The fraction of sp³-hybridized carbons (Fsp3) is 0.478. The summed E-state index contributed by atoms with van der Waals surface area (Å²) >= 11 is 0. The van der Waals surface area contributed by atoms with Gasteiger partial charge in [0.1, 0.15) is 11.7 Å². The van der Waals surface area contributed by atoms with E-state index in [4.69, 9.17) is 11.1 Å². The van der Waals surface area contributed by atoms with Crippen LogP contribution in [0.1, 0.15) is 33.1 Å².